The minimum absolute atomic E-state index is 0.0453. The topological polar surface area (TPSA) is 438 Å². The van der Waals surface area contributed by atoms with Gasteiger partial charge in [0.25, 0.3) is 17.8 Å². The largest absolute Gasteiger partial charge is 0.492 e. The third-order valence-electron chi connectivity index (χ3n) is 17.2. The molecule has 3 aliphatic heterocycles. The highest BCUT2D eigenvalue weighted by Gasteiger charge is 2.28. The van der Waals surface area contributed by atoms with E-state index in [1.165, 1.54) is 54.1 Å². The third-order valence-corrected chi connectivity index (χ3v) is 22.6. The number of anilines is 3. The fraction of sp³-hybridized carbons (Fsp3) is 0.309. The summed E-state index contributed by atoms with van der Waals surface area (Å²) in [6, 6.07) is 42.0. The zero-order valence-electron chi connectivity index (χ0n) is 65.1. The molecule has 12 rings (SSSR count). The highest BCUT2D eigenvalue weighted by atomic mass is 32.2. The van der Waals surface area contributed by atoms with E-state index in [0.717, 1.165) is 82.6 Å². The first-order valence-corrected chi connectivity index (χ1v) is 40.6. The average molecular weight is 1610 g/mol. The van der Waals surface area contributed by atoms with E-state index in [9.17, 15) is 48.8 Å². The van der Waals surface area contributed by atoms with E-state index in [2.05, 4.69) is 37.7 Å². The van der Waals surface area contributed by atoms with Crippen LogP contribution in [-0.2, 0) is 58.7 Å². The summed E-state index contributed by atoms with van der Waals surface area (Å²) in [6.45, 7) is 17.7. The number of amides is 3. The lowest BCUT2D eigenvalue weighted by Gasteiger charge is -2.21. The highest BCUT2D eigenvalue weighted by molar-refractivity contribution is 7.92. The van der Waals surface area contributed by atoms with Crippen molar-refractivity contribution in [2.75, 3.05) is 94.2 Å². The fourth-order valence-electron chi connectivity index (χ4n) is 11.6. The molecule has 12 N–H and O–H groups in total. The minimum Gasteiger partial charge on any atom is -0.492 e. The lowest BCUT2D eigenvalue weighted by atomic mass is 10.0. The maximum atomic E-state index is 13.5. The first-order chi connectivity index (χ1) is 54.0. The predicted molar refractivity (Wildman–Crippen MR) is 431 cm³/mol. The SMILES string of the molecule is CC(=O)O.CCCS(=O)(=O)c1ccc(C(=O)O)c(C)c1.Cc1cc(S(=O)(=O)CCN)ccc1C(=O)N1CCOc2ccc(-c3ccc(N)nc3)cc2C1.Cc1cc(S(=O)(=O)CCNC(=O)OC(C)(C)C)ccc1C(=O)N1CCOc2ccc(-c3ccc(N)nc3)cc2C1.Nc1ccc(-c2ccc3c(c2)CNCCO3)cn1.[2H]CF. The minimum atomic E-state index is -3.70. The number of carboxylic acids is 2. The number of rotatable bonds is 16. The molecule has 0 radical (unpaired) electrons. The summed E-state index contributed by atoms with van der Waals surface area (Å²) in [4.78, 5) is 74.7. The van der Waals surface area contributed by atoms with Gasteiger partial charge in [0.05, 0.1) is 59.1 Å². The number of nitrogens with one attached hydrogen (secondary N) is 2. The molecule has 0 spiro atoms. The summed E-state index contributed by atoms with van der Waals surface area (Å²) in [5.74, 6) is 1.21. The number of hydrogen-bond donors (Lipinski definition) is 8. The van der Waals surface area contributed by atoms with Crippen molar-refractivity contribution in [2.45, 2.75) is 102 Å². The van der Waals surface area contributed by atoms with Crippen molar-refractivity contribution in [3.8, 4) is 50.6 Å². The molecule has 0 saturated carbocycles. The molecule has 0 unspecified atom stereocenters. The summed E-state index contributed by atoms with van der Waals surface area (Å²) in [5, 5.41) is 22.0. The number of hydrogen-bond acceptors (Lipinski definition) is 23. The van der Waals surface area contributed by atoms with Crippen LogP contribution in [0.3, 0.4) is 0 Å². The number of aliphatic carboxylic acids is 1. The van der Waals surface area contributed by atoms with Gasteiger partial charge in [0.15, 0.2) is 29.5 Å². The molecular weight excluding hydrogens is 1510 g/mol. The van der Waals surface area contributed by atoms with Gasteiger partial charge >= 0.3 is 12.1 Å². The second-order valence-electron chi connectivity index (χ2n) is 27.0. The van der Waals surface area contributed by atoms with Gasteiger partial charge in [0, 0.05) is 109 Å². The number of aromatic carboxylic acids is 1. The van der Waals surface area contributed by atoms with Crippen LogP contribution in [0, 0.1) is 20.8 Å². The molecule has 0 fully saturated rings. The molecular formula is C81H96FN11O17S3. The summed E-state index contributed by atoms with van der Waals surface area (Å²) in [7, 11) is -11.4. The summed E-state index contributed by atoms with van der Waals surface area (Å²) >= 11 is 0. The molecule has 0 saturated heterocycles. The Balaban J connectivity index is 0.000000216. The number of halogens is 1. The van der Waals surface area contributed by atoms with Gasteiger partial charge in [0.2, 0.25) is 0 Å². The number of carbonyl (C=O) groups excluding carboxylic acids is 3. The molecule has 0 aliphatic carbocycles. The van der Waals surface area contributed by atoms with E-state index in [0.29, 0.717) is 96.8 Å². The second kappa shape index (κ2) is 40.6. The van der Waals surface area contributed by atoms with Crippen LogP contribution in [-0.4, -0.2) is 173 Å². The Labute approximate surface area is 659 Å². The van der Waals surface area contributed by atoms with Gasteiger partial charge in [-0.1, -0.05) is 25.1 Å². The Morgan fingerprint density at radius 2 is 0.912 bits per heavy atom. The Morgan fingerprint density at radius 3 is 1.27 bits per heavy atom. The van der Waals surface area contributed by atoms with Gasteiger partial charge in [-0.05, 0) is 209 Å². The monoisotopic (exact) mass is 1610 g/mol. The average Bonchev–Trinajstić information content (AvgIpc) is 1.39. The van der Waals surface area contributed by atoms with Gasteiger partial charge < -0.3 is 72.5 Å². The maximum Gasteiger partial charge on any atom is 0.407 e. The molecule has 9 aromatic rings. The van der Waals surface area contributed by atoms with Gasteiger partial charge in [0.1, 0.15) is 60.1 Å². The molecule has 3 aliphatic rings. The van der Waals surface area contributed by atoms with Crippen molar-refractivity contribution in [3.63, 3.8) is 0 Å². The molecule has 28 nitrogen and oxygen atoms in total. The van der Waals surface area contributed by atoms with Crippen LogP contribution in [0.15, 0.2) is 179 Å². The van der Waals surface area contributed by atoms with E-state index in [-0.39, 0.29) is 62.4 Å². The molecule has 3 amide bonds. The van der Waals surface area contributed by atoms with Crippen molar-refractivity contribution < 1.29 is 84.1 Å². The quantitative estimate of drug-likeness (QED) is 0.0445. The number of carbonyl (C=O) groups is 5. The lowest BCUT2D eigenvalue weighted by molar-refractivity contribution is -0.134. The van der Waals surface area contributed by atoms with Crippen LogP contribution in [0.1, 0.15) is 107 Å². The molecule has 32 heteroatoms. The normalized spacial score (nSPS) is 13.1. The molecule has 0 bridgehead atoms. The van der Waals surface area contributed by atoms with Crippen LogP contribution in [0.2, 0.25) is 0 Å². The van der Waals surface area contributed by atoms with E-state index >= 15 is 0 Å². The molecule has 3 aromatic heterocycles. The molecule has 113 heavy (non-hydrogen) atoms. The summed E-state index contributed by atoms with van der Waals surface area (Å²) < 4.78 is 112. The number of sulfone groups is 3. The van der Waals surface area contributed by atoms with Gasteiger partial charge in [-0.25, -0.2) is 49.8 Å². The summed E-state index contributed by atoms with van der Waals surface area (Å²) in [6.07, 6.45) is 5.06. The second-order valence-corrected chi connectivity index (χ2v) is 33.3. The van der Waals surface area contributed by atoms with Crippen LogP contribution in [0.25, 0.3) is 33.4 Å². The molecule has 6 heterocycles. The van der Waals surface area contributed by atoms with Crippen LogP contribution in [0.4, 0.5) is 26.6 Å². The van der Waals surface area contributed by atoms with Crippen LogP contribution in [0.5, 0.6) is 17.2 Å². The zero-order chi connectivity index (χ0) is 83.7. The number of carboxylic acid groups (broad SMARTS) is 2. The highest BCUT2D eigenvalue weighted by Crippen LogP contribution is 2.34. The van der Waals surface area contributed by atoms with E-state index < -0.39 is 60.3 Å². The van der Waals surface area contributed by atoms with Crippen LogP contribution >= 0.6 is 0 Å². The fourth-order valence-corrected chi connectivity index (χ4v) is 15.5. The van der Waals surface area contributed by atoms with Crippen molar-refractivity contribution in [1.82, 2.24) is 35.4 Å². The van der Waals surface area contributed by atoms with Crippen molar-refractivity contribution in [2.24, 2.45) is 5.73 Å². The number of alkyl halides is 1. The Hall–Kier alpha value is -11.6. The number of fused-ring (bicyclic) bond motifs is 3. The van der Waals surface area contributed by atoms with Gasteiger partial charge in [-0.15, -0.1) is 0 Å². The van der Waals surface area contributed by atoms with Crippen molar-refractivity contribution >= 4 is 76.8 Å². The summed E-state index contributed by atoms with van der Waals surface area (Å²) in [5.41, 5.74) is 33.1. The number of nitrogens with two attached hydrogens (primary N) is 4. The van der Waals surface area contributed by atoms with E-state index in [4.69, 9.17) is 58.3 Å². The van der Waals surface area contributed by atoms with E-state index in [1.807, 2.05) is 66.7 Å². The van der Waals surface area contributed by atoms with Crippen LogP contribution < -0.4 is 47.8 Å². The number of aryl methyl sites for hydroxylation is 3. The van der Waals surface area contributed by atoms with Gasteiger partial charge in [-0.3, -0.25) is 18.8 Å². The first kappa shape index (κ1) is 87.0. The van der Waals surface area contributed by atoms with E-state index in [1.54, 1.807) is 95.1 Å². The third kappa shape index (κ3) is 25.7. The molecule has 6 aromatic carbocycles. The number of aromatic nitrogens is 3. The molecule has 0 atom stereocenters. The number of pyridine rings is 3. The zero-order valence-corrected chi connectivity index (χ0v) is 66.5. The number of alkyl carbamates (subject to hydrolysis) is 1. The Kier molecular flexibility index (Phi) is 31.2. The standard InChI is InChI=1S/C29H34N4O6S.C24H26N4O4S.C14H15N3O.C11H14O4S.C2H4O2.CH3F/c1-19-15-23(40(36,37)14-11-31-28(35)39-29(2,3)4)7-8-24(19)27(34)33-12-13-38-25-9-5-20(16-22(25)18-33)21-6-10-26(30)32-17-21;1-16-12-20(33(30,31)11-8-25)4-5-21(16)24(29)28-9-10-32-22-6-2-17(13-19(22)15-28)18-3-7-23(26)27-14-18;15-14-4-2-11(9-17-14)10-1-3-13-12(7-10)8-16-5-6-18-13;1-3-6-16(14,15)9-4-5-10(11(12)13)8(2)7-9;1-2(3)4;1-2/h5-10,15-17H,11-14,18H2,1-4H3,(H2,30,32)(H,31,35);2-7,12-14H,8-11,15,25H2,1H3,(H2,26,27);1-4,7,9,16H,5-6,8H2,(H2,15,17);4-5,7H,3,6H2,1-2H3,(H,12,13);1H3,(H,3,4);1H3/i;;;;;1D. The first-order valence-electron chi connectivity index (χ1n) is 36.3. The number of benzene rings is 6. The van der Waals surface area contributed by atoms with Gasteiger partial charge in [-0.2, -0.15) is 0 Å². The molecule has 602 valence electrons. The van der Waals surface area contributed by atoms with Crippen molar-refractivity contribution in [1.29, 1.82) is 0 Å². The number of nitrogens with zero attached hydrogens (tertiary/aromatic N) is 5. The lowest BCUT2D eigenvalue weighted by Crippen LogP contribution is -2.35. The predicted octanol–water partition coefficient (Wildman–Crippen LogP) is 10.7. The van der Waals surface area contributed by atoms with Crippen molar-refractivity contribution in [3.05, 3.63) is 214 Å². The Morgan fingerprint density at radius 1 is 0.549 bits per heavy atom. The number of nitrogen functional groups attached to an aromatic ring is 3. The number of ether oxygens (including phenoxy) is 4. The smallest absolute Gasteiger partial charge is 0.407 e. The maximum absolute atomic E-state index is 13.5. The Bertz CT molecular complexity index is 5210.